The van der Waals surface area contributed by atoms with Crippen molar-refractivity contribution < 1.29 is 19.3 Å². The van der Waals surface area contributed by atoms with Crippen molar-refractivity contribution in [1.29, 1.82) is 0 Å². The summed E-state index contributed by atoms with van der Waals surface area (Å²) in [5.41, 5.74) is 1.79. The lowest BCUT2D eigenvalue weighted by Crippen LogP contribution is -2.58. The first-order chi connectivity index (χ1) is 15.5. The second kappa shape index (κ2) is 5.91. The third kappa shape index (κ3) is 1.88. The van der Waals surface area contributed by atoms with Crippen LogP contribution in [0.5, 0.6) is 0 Å². The Labute approximate surface area is 184 Å². The first-order valence-corrected chi connectivity index (χ1v) is 10.9. The topological polar surface area (TPSA) is 57.8 Å². The van der Waals surface area contributed by atoms with E-state index in [9.17, 15) is 5.11 Å². The molecule has 32 heavy (non-hydrogen) atoms. The first kappa shape index (κ1) is 18.7. The van der Waals surface area contributed by atoms with Gasteiger partial charge in [0.2, 0.25) is 0 Å². The number of aliphatic hydroxyl groups is 1. The molecule has 162 valence electrons. The van der Waals surface area contributed by atoms with E-state index in [0.717, 1.165) is 32.8 Å². The molecular formula is C26H24N2O4. The van der Waals surface area contributed by atoms with E-state index in [1.165, 1.54) is 10.8 Å². The van der Waals surface area contributed by atoms with Crippen molar-refractivity contribution in [2.24, 2.45) is 0 Å². The van der Waals surface area contributed by atoms with Gasteiger partial charge in [-0.3, -0.25) is 0 Å². The Bertz CT molecular complexity index is 1560. The highest BCUT2D eigenvalue weighted by Crippen LogP contribution is 2.57. The Hall–Kier alpha value is -2.90. The normalized spacial score (nSPS) is 27.0. The van der Waals surface area contributed by atoms with E-state index >= 15 is 0 Å². The average Bonchev–Trinajstić information content (AvgIpc) is 3.38. The third-order valence-electron chi connectivity index (χ3n) is 7.69. The third-order valence-corrected chi connectivity index (χ3v) is 7.69. The van der Waals surface area contributed by atoms with Crippen molar-refractivity contribution in [2.45, 2.75) is 37.2 Å². The fourth-order valence-electron chi connectivity index (χ4n) is 6.33. The minimum Gasteiger partial charge on any atom is -0.380 e. The number of ether oxygens (including phenoxy) is 3. The maximum absolute atomic E-state index is 12.2. The SMILES string of the molecule is COC(OC)[C@@]1(O)C[C@H]2O[C@]1(C)n1c3ccccc3c3ccc4c5ccccc5n2c4c31. The lowest BCUT2D eigenvalue weighted by atomic mass is 9.88. The van der Waals surface area contributed by atoms with Crippen LogP contribution in [0.15, 0.2) is 60.7 Å². The molecule has 2 aliphatic heterocycles. The summed E-state index contributed by atoms with van der Waals surface area (Å²) in [4.78, 5) is 0. The van der Waals surface area contributed by atoms with Crippen molar-refractivity contribution >= 4 is 43.6 Å². The molecule has 3 atom stereocenters. The van der Waals surface area contributed by atoms with Crippen LogP contribution in [-0.2, 0) is 19.9 Å². The van der Waals surface area contributed by atoms with E-state index < -0.39 is 17.6 Å². The molecule has 6 nitrogen and oxygen atoms in total. The second-order valence-electron chi connectivity index (χ2n) is 9.08. The number of aromatic nitrogens is 2. The maximum atomic E-state index is 12.2. The lowest BCUT2D eigenvalue weighted by molar-refractivity contribution is -0.277. The van der Waals surface area contributed by atoms with Gasteiger partial charge in [0.15, 0.2) is 17.6 Å². The van der Waals surface area contributed by atoms with Crippen LogP contribution >= 0.6 is 0 Å². The summed E-state index contributed by atoms with van der Waals surface area (Å²) in [6.45, 7) is 1.96. The minimum atomic E-state index is -1.42. The molecule has 0 radical (unpaired) electrons. The van der Waals surface area contributed by atoms with Gasteiger partial charge in [-0.15, -0.1) is 0 Å². The monoisotopic (exact) mass is 428 g/mol. The molecule has 3 aromatic carbocycles. The largest absolute Gasteiger partial charge is 0.380 e. The molecule has 1 N–H and O–H groups in total. The van der Waals surface area contributed by atoms with Gasteiger partial charge in [-0.05, 0) is 19.1 Å². The van der Waals surface area contributed by atoms with Crippen molar-refractivity contribution in [3.63, 3.8) is 0 Å². The Kier molecular flexibility index (Phi) is 3.44. The van der Waals surface area contributed by atoms with Gasteiger partial charge in [-0.25, -0.2) is 0 Å². The van der Waals surface area contributed by atoms with Crippen LogP contribution in [-0.4, -0.2) is 40.4 Å². The molecule has 4 heterocycles. The highest BCUT2D eigenvalue weighted by Gasteiger charge is 2.64. The lowest BCUT2D eigenvalue weighted by Gasteiger charge is -2.42. The Morgan fingerprint density at radius 3 is 2.16 bits per heavy atom. The molecule has 6 heteroatoms. The van der Waals surface area contributed by atoms with Gasteiger partial charge in [0.05, 0.1) is 22.1 Å². The predicted octanol–water partition coefficient (Wildman–Crippen LogP) is 4.86. The maximum Gasteiger partial charge on any atom is 0.190 e. The van der Waals surface area contributed by atoms with Crippen LogP contribution < -0.4 is 0 Å². The van der Waals surface area contributed by atoms with Crippen LogP contribution in [0, 0.1) is 0 Å². The number of fused-ring (bicyclic) bond motifs is 10. The number of para-hydroxylation sites is 2. The highest BCUT2D eigenvalue weighted by atomic mass is 16.7. The molecular weight excluding hydrogens is 404 g/mol. The summed E-state index contributed by atoms with van der Waals surface area (Å²) in [7, 11) is 3.12. The zero-order valence-corrected chi connectivity index (χ0v) is 18.2. The number of rotatable bonds is 3. The van der Waals surface area contributed by atoms with Gasteiger partial charge in [0.25, 0.3) is 0 Å². The summed E-state index contributed by atoms with van der Waals surface area (Å²) < 4.78 is 22.5. The van der Waals surface area contributed by atoms with Crippen molar-refractivity contribution in [3.05, 3.63) is 60.7 Å². The van der Waals surface area contributed by atoms with Gasteiger partial charge in [0.1, 0.15) is 6.23 Å². The van der Waals surface area contributed by atoms with E-state index in [-0.39, 0.29) is 6.23 Å². The number of benzene rings is 3. The predicted molar refractivity (Wildman–Crippen MR) is 124 cm³/mol. The van der Waals surface area contributed by atoms with E-state index in [2.05, 4.69) is 63.7 Å². The highest BCUT2D eigenvalue weighted by molar-refractivity contribution is 6.22. The van der Waals surface area contributed by atoms with Gasteiger partial charge in [0, 0.05) is 42.2 Å². The molecule has 0 aliphatic carbocycles. The van der Waals surface area contributed by atoms with Gasteiger partial charge >= 0.3 is 0 Å². The van der Waals surface area contributed by atoms with Crippen LogP contribution in [0.3, 0.4) is 0 Å². The Morgan fingerprint density at radius 1 is 0.875 bits per heavy atom. The molecule has 0 saturated carbocycles. The molecule has 0 amide bonds. The fourth-order valence-corrected chi connectivity index (χ4v) is 6.33. The molecule has 5 aromatic rings. The van der Waals surface area contributed by atoms with Gasteiger partial charge in [-0.1, -0.05) is 48.5 Å². The Balaban J connectivity index is 1.76. The van der Waals surface area contributed by atoms with Crippen molar-refractivity contribution in [1.82, 2.24) is 9.13 Å². The van der Waals surface area contributed by atoms with Crippen molar-refractivity contribution in [2.75, 3.05) is 14.2 Å². The summed E-state index contributed by atoms with van der Waals surface area (Å²) in [5.74, 6) is 0. The van der Waals surface area contributed by atoms with Gasteiger partial charge in [-0.2, -0.15) is 0 Å². The molecule has 2 aromatic heterocycles. The summed E-state index contributed by atoms with van der Waals surface area (Å²) in [5, 5.41) is 16.9. The molecule has 0 spiro atoms. The zero-order chi connectivity index (χ0) is 21.8. The minimum absolute atomic E-state index is 0.339. The second-order valence-corrected chi connectivity index (χ2v) is 9.08. The molecule has 1 saturated heterocycles. The van der Waals surface area contributed by atoms with Crippen LogP contribution in [0.2, 0.25) is 0 Å². The van der Waals surface area contributed by atoms with Crippen LogP contribution in [0.1, 0.15) is 19.6 Å². The zero-order valence-electron chi connectivity index (χ0n) is 18.2. The summed E-state index contributed by atoms with van der Waals surface area (Å²) >= 11 is 0. The van der Waals surface area contributed by atoms with E-state index in [1.807, 2.05) is 13.0 Å². The van der Waals surface area contributed by atoms with Crippen LogP contribution in [0.25, 0.3) is 43.6 Å². The smallest absolute Gasteiger partial charge is 0.190 e. The average molecular weight is 428 g/mol. The van der Waals surface area contributed by atoms with E-state index in [0.29, 0.717) is 6.42 Å². The number of nitrogens with zero attached hydrogens (tertiary/aromatic N) is 2. The fraction of sp³-hybridized carbons (Fsp3) is 0.308. The molecule has 1 fully saturated rings. The molecule has 2 aliphatic rings. The van der Waals surface area contributed by atoms with E-state index in [1.54, 1.807) is 14.2 Å². The standard InChI is InChI=1S/C26H24N2O4/c1-25-26(29,24(30-2)31-3)14-21(32-25)27-19-10-6-4-8-15(19)17-12-13-18-16-9-5-7-11-20(16)28(25)23(18)22(17)27/h4-13,21,24,29H,14H2,1-3H3/t21-,25+,26+/m1/s1. The Morgan fingerprint density at radius 2 is 1.47 bits per heavy atom. The molecule has 0 unspecified atom stereocenters. The first-order valence-electron chi connectivity index (χ1n) is 10.9. The molecule has 7 rings (SSSR count). The quantitative estimate of drug-likeness (QED) is 0.417. The number of methoxy groups -OCH3 is 2. The summed E-state index contributed by atoms with van der Waals surface area (Å²) in [6.07, 6.45) is -0.882. The van der Waals surface area contributed by atoms with E-state index in [4.69, 9.17) is 14.2 Å². The molecule has 2 bridgehead atoms. The van der Waals surface area contributed by atoms with Gasteiger partial charge < -0.3 is 28.5 Å². The van der Waals surface area contributed by atoms with Crippen molar-refractivity contribution in [3.8, 4) is 0 Å². The van der Waals surface area contributed by atoms with Crippen LogP contribution in [0.4, 0.5) is 0 Å². The summed E-state index contributed by atoms with van der Waals surface area (Å²) in [6, 6.07) is 21.1. The number of hydrogen-bond acceptors (Lipinski definition) is 4. The number of hydrogen-bond donors (Lipinski definition) is 1.